The van der Waals surface area contributed by atoms with Crippen LogP contribution in [0.15, 0.2) is 24.3 Å². The van der Waals surface area contributed by atoms with E-state index in [2.05, 4.69) is 0 Å². The Balaban J connectivity index is 2.56. The van der Waals surface area contributed by atoms with Crippen LogP contribution >= 0.6 is 0 Å². The third-order valence-electron chi connectivity index (χ3n) is 3.95. The van der Waals surface area contributed by atoms with Crippen molar-refractivity contribution in [2.75, 3.05) is 7.05 Å². The van der Waals surface area contributed by atoms with Crippen LogP contribution in [0.5, 0.6) is 0 Å². The fraction of sp³-hybridized carbons (Fsp3) is 0.500. The molecule has 1 aromatic rings. The zero-order valence-corrected chi connectivity index (χ0v) is 10.6. The Morgan fingerprint density at radius 2 is 2.06 bits per heavy atom. The quantitative estimate of drug-likeness (QED) is 0.870. The summed E-state index contributed by atoms with van der Waals surface area (Å²) in [6, 6.07) is 8.10. The number of hydrogen-bond donors (Lipinski definition) is 1. The lowest BCUT2D eigenvalue weighted by Gasteiger charge is -2.38. The third kappa shape index (κ3) is 1.65. The Morgan fingerprint density at radius 3 is 2.65 bits per heavy atom. The van der Waals surface area contributed by atoms with E-state index in [1.54, 1.807) is 0 Å². The Kier molecular flexibility index (Phi) is 2.96. The largest absolute Gasteiger partial charge is 0.480 e. The fourth-order valence-corrected chi connectivity index (χ4v) is 2.77. The number of carboxylic acid groups (broad SMARTS) is 1. The van der Waals surface area contributed by atoms with Crippen LogP contribution in [0.2, 0.25) is 0 Å². The number of rotatable bonds is 3. The van der Waals surface area contributed by atoms with E-state index in [0.717, 1.165) is 12.0 Å². The molecule has 0 aliphatic heterocycles. The second-order valence-corrected chi connectivity index (χ2v) is 5.03. The normalized spacial score (nSPS) is 23.1. The van der Waals surface area contributed by atoms with E-state index in [-0.39, 0.29) is 6.04 Å². The van der Waals surface area contributed by atoms with Crippen LogP contribution < -0.4 is 0 Å². The molecule has 17 heavy (non-hydrogen) atoms. The van der Waals surface area contributed by atoms with Crippen LogP contribution in [0.25, 0.3) is 0 Å². The molecule has 0 aromatic heterocycles. The number of hydrogen-bond acceptors (Lipinski definition) is 2. The lowest BCUT2D eigenvalue weighted by molar-refractivity contribution is -0.153. The van der Waals surface area contributed by atoms with Crippen molar-refractivity contribution in [2.24, 2.45) is 0 Å². The fourth-order valence-electron chi connectivity index (χ4n) is 2.77. The van der Waals surface area contributed by atoms with Gasteiger partial charge in [0, 0.05) is 6.04 Å². The maximum atomic E-state index is 11.8. The Hall–Kier alpha value is -1.35. The molecule has 0 spiro atoms. The molecular formula is C14H19NO2. The summed E-state index contributed by atoms with van der Waals surface area (Å²) in [4.78, 5) is 13.8. The first-order valence-electron chi connectivity index (χ1n) is 6.05. The first kappa shape index (κ1) is 12.1. The van der Waals surface area contributed by atoms with Gasteiger partial charge in [-0.05, 0) is 44.9 Å². The Morgan fingerprint density at radius 1 is 1.41 bits per heavy atom. The Labute approximate surface area is 102 Å². The van der Waals surface area contributed by atoms with Gasteiger partial charge in [0.25, 0.3) is 0 Å². The van der Waals surface area contributed by atoms with Gasteiger partial charge >= 0.3 is 5.97 Å². The first-order valence-corrected chi connectivity index (χ1v) is 6.05. The van der Waals surface area contributed by atoms with Gasteiger partial charge in [0.2, 0.25) is 0 Å². The summed E-state index contributed by atoms with van der Waals surface area (Å²) < 4.78 is 0. The number of benzene rings is 1. The summed E-state index contributed by atoms with van der Waals surface area (Å²) in [5.74, 6) is -0.737. The van der Waals surface area contributed by atoms with E-state index in [0.29, 0.717) is 6.42 Å². The molecular weight excluding hydrogens is 214 g/mol. The summed E-state index contributed by atoms with van der Waals surface area (Å²) >= 11 is 0. The molecule has 92 valence electrons. The van der Waals surface area contributed by atoms with Crippen molar-refractivity contribution >= 4 is 5.97 Å². The van der Waals surface area contributed by atoms with Gasteiger partial charge in [0.1, 0.15) is 5.54 Å². The van der Waals surface area contributed by atoms with Crippen molar-refractivity contribution in [1.82, 2.24) is 4.90 Å². The van der Waals surface area contributed by atoms with Crippen LogP contribution in [-0.4, -0.2) is 29.1 Å². The van der Waals surface area contributed by atoms with Gasteiger partial charge in [0.15, 0.2) is 0 Å². The van der Waals surface area contributed by atoms with E-state index in [9.17, 15) is 9.90 Å². The molecule has 3 nitrogen and oxygen atoms in total. The molecule has 0 fully saturated rings. The maximum absolute atomic E-state index is 11.8. The number of carbonyl (C=O) groups is 1. The zero-order chi connectivity index (χ0) is 12.6. The predicted octanol–water partition coefficient (Wildman–Crippen LogP) is 2.25. The monoisotopic (exact) mass is 233 g/mol. The van der Waals surface area contributed by atoms with Crippen LogP contribution in [0, 0.1) is 0 Å². The number of aliphatic carboxylic acids is 1. The van der Waals surface area contributed by atoms with Gasteiger partial charge in [-0.3, -0.25) is 4.90 Å². The molecule has 1 N–H and O–H groups in total. The molecule has 1 aliphatic rings. The van der Waals surface area contributed by atoms with E-state index in [4.69, 9.17) is 0 Å². The van der Waals surface area contributed by atoms with E-state index in [1.807, 2.05) is 50.1 Å². The number of likely N-dealkylation sites (N-methyl/N-ethyl adjacent to an activating group) is 1. The molecule has 0 heterocycles. The van der Waals surface area contributed by atoms with Crippen molar-refractivity contribution in [2.45, 2.75) is 38.3 Å². The zero-order valence-electron chi connectivity index (χ0n) is 10.6. The van der Waals surface area contributed by atoms with Crippen molar-refractivity contribution < 1.29 is 9.90 Å². The van der Waals surface area contributed by atoms with E-state index < -0.39 is 11.5 Å². The van der Waals surface area contributed by atoms with Crippen LogP contribution in [-0.2, 0) is 16.8 Å². The smallest absolute Gasteiger partial charge is 0.328 e. The van der Waals surface area contributed by atoms with E-state index >= 15 is 0 Å². The second kappa shape index (κ2) is 4.15. The van der Waals surface area contributed by atoms with Crippen molar-refractivity contribution in [3.63, 3.8) is 0 Å². The summed E-state index contributed by atoms with van der Waals surface area (Å²) in [7, 11) is 1.90. The standard InChI is InChI=1S/C14H19NO2/c1-10(2)15(3)14(13(16)17)9-8-11-6-4-5-7-12(11)14/h4-7,10H,8-9H2,1-3H3,(H,16,17). The topological polar surface area (TPSA) is 40.5 Å². The highest BCUT2D eigenvalue weighted by molar-refractivity contribution is 5.82. The summed E-state index contributed by atoms with van der Waals surface area (Å²) in [6.07, 6.45) is 1.51. The van der Waals surface area contributed by atoms with E-state index in [1.165, 1.54) is 5.56 Å². The summed E-state index contributed by atoms with van der Waals surface area (Å²) in [6.45, 7) is 4.07. The molecule has 3 heteroatoms. The SMILES string of the molecule is CC(C)N(C)C1(C(=O)O)CCc2ccccc21. The number of nitrogens with zero attached hydrogens (tertiary/aromatic N) is 1. The van der Waals surface area contributed by atoms with Gasteiger partial charge in [-0.15, -0.1) is 0 Å². The molecule has 0 saturated carbocycles. The summed E-state index contributed by atoms with van der Waals surface area (Å²) in [5, 5.41) is 9.69. The molecule has 1 unspecified atom stereocenters. The van der Waals surface area contributed by atoms with Gasteiger partial charge < -0.3 is 5.11 Å². The van der Waals surface area contributed by atoms with Crippen LogP contribution in [0.3, 0.4) is 0 Å². The average Bonchev–Trinajstić information content (AvgIpc) is 2.68. The number of fused-ring (bicyclic) bond motifs is 1. The molecule has 1 atom stereocenters. The molecule has 2 rings (SSSR count). The molecule has 0 radical (unpaired) electrons. The first-order chi connectivity index (χ1) is 8.00. The lowest BCUT2D eigenvalue weighted by atomic mass is 9.89. The van der Waals surface area contributed by atoms with Gasteiger partial charge in [-0.25, -0.2) is 4.79 Å². The van der Waals surface area contributed by atoms with Crippen molar-refractivity contribution in [3.8, 4) is 0 Å². The molecule has 0 saturated heterocycles. The van der Waals surface area contributed by atoms with Crippen molar-refractivity contribution in [1.29, 1.82) is 0 Å². The molecule has 0 amide bonds. The average molecular weight is 233 g/mol. The highest BCUT2D eigenvalue weighted by Gasteiger charge is 2.49. The number of carboxylic acids is 1. The van der Waals surface area contributed by atoms with Crippen LogP contribution in [0.1, 0.15) is 31.4 Å². The minimum atomic E-state index is -0.842. The third-order valence-corrected chi connectivity index (χ3v) is 3.95. The minimum Gasteiger partial charge on any atom is -0.480 e. The van der Waals surface area contributed by atoms with Gasteiger partial charge in [0.05, 0.1) is 0 Å². The second-order valence-electron chi connectivity index (χ2n) is 5.03. The number of aryl methyl sites for hydroxylation is 1. The van der Waals surface area contributed by atoms with Gasteiger partial charge in [-0.2, -0.15) is 0 Å². The summed E-state index contributed by atoms with van der Waals surface area (Å²) in [5.41, 5.74) is 1.29. The van der Waals surface area contributed by atoms with Crippen LogP contribution in [0.4, 0.5) is 0 Å². The Bertz CT molecular complexity index is 442. The maximum Gasteiger partial charge on any atom is 0.328 e. The molecule has 1 aliphatic carbocycles. The highest BCUT2D eigenvalue weighted by Crippen LogP contribution is 2.42. The highest BCUT2D eigenvalue weighted by atomic mass is 16.4. The lowest BCUT2D eigenvalue weighted by Crippen LogP contribution is -2.51. The minimum absolute atomic E-state index is 0.206. The molecule has 0 bridgehead atoms. The van der Waals surface area contributed by atoms with Crippen molar-refractivity contribution in [3.05, 3.63) is 35.4 Å². The van der Waals surface area contributed by atoms with Gasteiger partial charge in [-0.1, -0.05) is 24.3 Å². The molecule has 1 aromatic carbocycles. The predicted molar refractivity (Wildman–Crippen MR) is 67.0 cm³/mol.